The summed E-state index contributed by atoms with van der Waals surface area (Å²) in [5, 5.41) is 4.88. The molecule has 2 aromatic rings. The Bertz CT molecular complexity index is 1020. The molecule has 12 nitrogen and oxygen atoms in total. The molecule has 2 rings (SSSR count). The lowest BCUT2D eigenvalue weighted by Gasteiger charge is -2.11. The molecule has 0 saturated heterocycles. The van der Waals surface area contributed by atoms with E-state index in [2.05, 4.69) is 31.3 Å². The topological polar surface area (TPSA) is 197 Å². The first kappa shape index (κ1) is 22.6. The summed E-state index contributed by atoms with van der Waals surface area (Å²) in [4.78, 5) is 9.01. The standard InChI is InChI=1S/C11H12FN5O6S2.CH5N/c1-2-13-10-15-9(12)16-11(17-10)14-7-5-6(24(18,19)20)3-4-8(7)25(21,22)23;1-2/h3-5H,2H2,1H3,(H,18,19,20)(H,21,22,23)(H2,13,14,15,16,17);2H2,1H3. The van der Waals surface area contributed by atoms with E-state index in [-0.39, 0.29) is 5.95 Å². The molecule has 0 unspecified atom stereocenters. The van der Waals surface area contributed by atoms with Crippen LogP contribution in [0.5, 0.6) is 0 Å². The third-order valence-corrected chi connectivity index (χ3v) is 4.48. The highest BCUT2D eigenvalue weighted by molar-refractivity contribution is 7.86. The quantitative estimate of drug-likeness (QED) is 0.397. The van der Waals surface area contributed by atoms with E-state index < -0.39 is 47.7 Å². The van der Waals surface area contributed by atoms with E-state index in [9.17, 15) is 25.8 Å². The van der Waals surface area contributed by atoms with Crippen LogP contribution in [0.3, 0.4) is 0 Å². The van der Waals surface area contributed by atoms with Gasteiger partial charge in [0.05, 0.1) is 10.6 Å². The zero-order valence-electron chi connectivity index (χ0n) is 14.1. The molecular weight excluding hydrogens is 407 g/mol. The lowest BCUT2D eigenvalue weighted by Crippen LogP contribution is -2.11. The van der Waals surface area contributed by atoms with Crippen molar-refractivity contribution in [3.05, 3.63) is 24.3 Å². The molecule has 0 aliphatic rings. The van der Waals surface area contributed by atoms with Gasteiger partial charge in [-0.3, -0.25) is 9.11 Å². The summed E-state index contributed by atoms with van der Waals surface area (Å²) in [6.07, 6.45) is -1.19. The van der Waals surface area contributed by atoms with Gasteiger partial charge in [0.15, 0.2) is 0 Å². The van der Waals surface area contributed by atoms with Gasteiger partial charge in [0.2, 0.25) is 11.9 Å². The fourth-order valence-electron chi connectivity index (χ4n) is 1.76. The predicted octanol–water partition coefficient (Wildman–Crippen LogP) is 0.254. The number of hydrogen-bond donors (Lipinski definition) is 5. The number of rotatable bonds is 6. The molecule has 27 heavy (non-hydrogen) atoms. The average molecular weight is 424 g/mol. The van der Waals surface area contributed by atoms with Crippen molar-refractivity contribution < 1.29 is 30.3 Å². The van der Waals surface area contributed by atoms with E-state index in [4.69, 9.17) is 4.55 Å². The molecule has 0 radical (unpaired) electrons. The van der Waals surface area contributed by atoms with Crippen molar-refractivity contribution in [2.75, 3.05) is 24.2 Å². The van der Waals surface area contributed by atoms with E-state index in [1.807, 2.05) is 0 Å². The Labute approximate surface area is 154 Å². The second kappa shape index (κ2) is 8.96. The molecule has 0 aliphatic heterocycles. The first-order valence-corrected chi connectivity index (χ1v) is 9.98. The maximum Gasteiger partial charge on any atom is 0.315 e. The van der Waals surface area contributed by atoms with E-state index in [1.54, 1.807) is 6.92 Å². The highest BCUT2D eigenvalue weighted by Gasteiger charge is 2.21. The molecule has 6 N–H and O–H groups in total. The maximum atomic E-state index is 13.4. The molecule has 1 aromatic heterocycles. The van der Waals surface area contributed by atoms with Crippen LogP contribution in [0.4, 0.5) is 22.0 Å². The molecule has 15 heteroatoms. The second-order valence-corrected chi connectivity index (χ2v) is 7.33. The van der Waals surface area contributed by atoms with Gasteiger partial charge in [0, 0.05) is 6.54 Å². The van der Waals surface area contributed by atoms with Crippen molar-refractivity contribution in [2.24, 2.45) is 5.73 Å². The number of nitrogens with two attached hydrogens (primary N) is 1. The third-order valence-electron chi connectivity index (χ3n) is 2.72. The molecular formula is C12H17FN6O6S2. The molecule has 0 atom stereocenters. The number of hydrogen-bond acceptors (Lipinski definition) is 10. The van der Waals surface area contributed by atoms with E-state index >= 15 is 0 Å². The molecule has 0 bridgehead atoms. The van der Waals surface area contributed by atoms with Gasteiger partial charge in [-0.15, -0.1) is 0 Å². The minimum absolute atomic E-state index is 0.156. The van der Waals surface area contributed by atoms with Gasteiger partial charge in [0.25, 0.3) is 20.2 Å². The van der Waals surface area contributed by atoms with Crippen LogP contribution in [0, 0.1) is 6.08 Å². The zero-order chi connectivity index (χ0) is 20.8. The lowest BCUT2D eigenvalue weighted by molar-refractivity contribution is 0.479. The number of aromatic nitrogens is 3. The Morgan fingerprint density at radius 2 is 1.63 bits per heavy atom. The van der Waals surface area contributed by atoms with Crippen LogP contribution in [0.15, 0.2) is 28.0 Å². The van der Waals surface area contributed by atoms with Gasteiger partial charge in [-0.05, 0) is 32.2 Å². The monoisotopic (exact) mass is 424 g/mol. The van der Waals surface area contributed by atoms with Gasteiger partial charge >= 0.3 is 6.08 Å². The first-order valence-electron chi connectivity index (χ1n) is 7.10. The van der Waals surface area contributed by atoms with Crippen molar-refractivity contribution in [1.29, 1.82) is 0 Å². The lowest BCUT2D eigenvalue weighted by atomic mass is 10.3. The minimum Gasteiger partial charge on any atom is -0.354 e. The Morgan fingerprint density at radius 1 is 1.04 bits per heavy atom. The number of anilines is 3. The van der Waals surface area contributed by atoms with Crippen LogP contribution < -0.4 is 16.4 Å². The van der Waals surface area contributed by atoms with Crippen LogP contribution in [0.2, 0.25) is 0 Å². The summed E-state index contributed by atoms with van der Waals surface area (Å²) >= 11 is 0. The van der Waals surface area contributed by atoms with Gasteiger partial charge < -0.3 is 16.4 Å². The smallest absolute Gasteiger partial charge is 0.315 e. The first-order chi connectivity index (χ1) is 12.5. The van der Waals surface area contributed by atoms with Gasteiger partial charge in [0.1, 0.15) is 4.90 Å². The predicted molar refractivity (Wildman–Crippen MR) is 93.4 cm³/mol. The summed E-state index contributed by atoms with van der Waals surface area (Å²) in [7, 11) is -7.93. The SMILES string of the molecule is CCNc1nc(F)nc(Nc2cc(S(=O)(=O)O)ccc2S(=O)(=O)O)n1.CN. The summed E-state index contributed by atoms with van der Waals surface area (Å²) in [6.45, 7) is 2.05. The summed E-state index contributed by atoms with van der Waals surface area (Å²) < 4.78 is 76.9. The summed E-state index contributed by atoms with van der Waals surface area (Å²) in [5.41, 5.74) is 4.01. The van der Waals surface area contributed by atoms with Gasteiger partial charge in [-0.1, -0.05) is 0 Å². The van der Waals surface area contributed by atoms with Crippen LogP contribution in [0.1, 0.15) is 6.92 Å². The summed E-state index contributed by atoms with van der Waals surface area (Å²) in [6, 6.07) is 2.22. The zero-order valence-corrected chi connectivity index (χ0v) is 15.7. The Morgan fingerprint density at radius 3 is 2.15 bits per heavy atom. The number of halogens is 1. The molecule has 0 spiro atoms. The number of benzene rings is 1. The van der Waals surface area contributed by atoms with Crippen molar-refractivity contribution in [3.8, 4) is 0 Å². The normalized spacial score (nSPS) is 11.3. The fourth-order valence-corrected chi connectivity index (χ4v) is 2.89. The maximum absolute atomic E-state index is 13.4. The molecule has 0 saturated carbocycles. The fraction of sp³-hybridized carbons (Fsp3) is 0.250. The molecule has 1 aromatic carbocycles. The van der Waals surface area contributed by atoms with Crippen LogP contribution in [0.25, 0.3) is 0 Å². The third kappa shape index (κ3) is 6.33. The van der Waals surface area contributed by atoms with Crippen LogP contribution in [-0.4, -0.2) is 54.5 Å². The Kier molecular flexibility index (Phi) is 7.49. The van der Waals surface area contributed by atoms with E-state index in [0.717, 1.165) is 12.1 Å². The second-order valence-electron chi connectivity index (χ2n) is 4.52. The molecule has 0 fully saturated rings. The Hall–Kier alpha value is -2.46. The molecule has 0 aliphatic carbocycles. The van der Waals surface area contributed by atoms with E-state index in [1.165, 1.54) is 7.05 Å². The van der Waals surface area contributed by atoms with Crippen molar-refractivity contribution in [2.45, 2.75) is 16.7 Å². The number of nitrogens with zero attached hydrogens (tertiary/aromatic N) is 3. The largest absolute Gasteiger partial charge is 0.354 e. The van der Waals surface area contributed by atoms with E-state index in [0.29, 0.717) is 12.6 Å². The van der Waals surface area contributed by atoms with Crippen LogP contribution in [-0.2, 0) is 20.2 Å². The van der Waals surface area contributed by atoms with Crippen molar-refractivity contribution >= 4 is 37.8 Å². The minimum atomic E-state index is -4.77. The highest BCUT2D eigenvalue weighted by atomic mass is 32.2. The van der Waals surface area contributed by atoms with Crippen molar-refractivity contribution in [1.82, 2.24) is 15.0 Å². The van der Waals surface area contributed by atoms with Crippen LogP contribution >= 0.6 is 0 Å². The van der Waals surface area contributed by atoms with Gasteiger partial charge in [-0.2, -0.15) is 36.2 Å². The highest BCUT2D eigenvalue weighted by Crippen LogP contribution is 2.27. The summed E-state index contributed by atoms with van der Waals surface area (Å²) in [5.74, 6) is -0.613. The molecule has 0 amide bonds. The molecule has 1 heterocycles. The Balaban J connectivity index is 0.00000176. The average Bonchev–Trinajstić information content (AvgIpc) is 2.54. The van der Waals surface area contributed by atoms with Gasteiger partial charge in [-0.25, -0.2) is 0 Å². The molecule has 150 valence electrons. The number of nitrogens with one attached hydrogen (secondary N) is 2. The van der Waals surface area contributed by atoms with Crippen molar-refractivity contribution in [3.63, 3.8) is 0 Å².